The number of hydrogen-bond acceptors (Lipinski definition) is 6. The van der Waals surface area contributed by atoms with Gasteiger partial charge in [0, 0.05) is 12.5 Å². The minimum Gasteiger partial charge on any atom is -0.383 e. The molecule has 80 valence electrons. The van der Waals surface area contributed by atoms with Crippen LogP contribution in [0, 0.1) is 0 Å². The molecule has 0 aliphatic heterocycles. The maximum atomic E-state index is 5.56. The molecule has 2 rings (SSSR count). The highest BCUT2D eigenvalue weighted by molar-refractivity contribution is 7.13. The molecule has 2 aromatic rings. The van der Waals surface area contributed by atoms with Crippen molar-refractivity contribution in [3.8, 4) is 11.5 Å². The van der Waals surface area contributed by atoms with Gasteiger partial charge in [0.25, 0.3) is 0 Å². The molecule has 0 aliphatic rings. The Hall–Kier alpha value is -1.47. The number of hydrogen-bond donors (Lipinski definition) is 1. The van der Waals surface area contributed by atoms with E-state index in [0.29, 0.717) is 18.3 Å². The maximum Gasteiger partial charge on any atom is 0.180 e. The predicted molar refractivity (Wildman–Crippen MR) is 57.4 cm³/mol. The molecule has 2 aromatic heterocycles. The molecule has 15 heavy (non-hydrogen) atoms. The Balaban J connectivity index is 2.24. The fraction of sp³-hybridized carbons (Fsp3) is 0.375. The number of aromatic nitrogens is 4. The molecule has 0 spiro atoms. The van der Waals surface area contributed by atoms with Gasteiger partial charge >= 0.3 is 0 Å². The summed E-state index contributed by atoms with van der Waals surface area (Å²) in [6.45, 7) is 1.25. The number of methoxy groups -OCH3 is 1. The topological polar surface area (TPSA) is 78.8 Å². The van der Waals surface area contributed by atoms with Crippen LogP contribution in [0.25, 0.3) is 11.5 Å². The van der Waals surface area contributed by atoms with Gasteiger partial charge in [0.05, 0.1) is 13.2 Å². The summed E-state index contributed by atoms with van der Waals surface area (Å²) in [6.07, 6.45) is 1.50. The standard InChI is InChI=1S/C8H11N5OS/c1-14-3-2-13-7(10-5-11-13)6-4-15-8(9)12-6/h4-5H,2-3H2,1H3,(H2,9,12). The zero-order valence-corrected chi connectivity index (χ0v) is 9.07. The van der Waals surface area contributed by atoms with Gasteiger partial charge < -0.3 is 10.5 Å². The summed E-state index contributed by atoms with van der Waals surface area (Å²) in [7, 11) is 1.65. The van der Waals surface area contributed by atoms with Gasteiger partial charge in [0.1, 0.15) is 12.0 Å². The normalized spacial score (nSPS) is 10.7. The van der Waals surface area contributed by atoms with Gasteiger partial charge in [0.15, 0.2) is 11.0 Å². The molecule has 7 heteroatoms. The summed E-state index contributed by atoms with van der Waals surface area (Å²) in [6, 6.07) is 0. The monoisotopic (exact) mass is 225 g/mol. The molecule has 2 N–H and O–H groups in total. The van der Waals surface area contributed by atoms with Crippen molar-refractivity contribution in [3.05, 3.63) is 11.7 Å². The van der Waals surface area contributed by atoms with E-state index >= 15 is 0 Å². The first-order valence-electron chi connectivity index (χ1n) is 4.39. The van der Waals surface area contributed by atoms with E-state index in [1.807, 2.05) is 5.38 Å². The molecule has 0 aliphatic carbocycles. The van der Waals surface area contributed by atoms with Crippen LogP contribution in [0.4, 0.5) is 5.13 Å². The van der Waals surface area contributed by atoms with Crippen LogP contribution in [0.3, 0.4) is 0 Å². The SMILES string of the molecule is COCCn1ncnc1-c1csc(N)n1. The van der Waals surface area contributed by atoms with Crippen LogP contribution in [-0.4, -0.2) is 33.5 Å². The van der Waals surface area contributed by atoms with Crippen molar-refractivity contribution >= 4 is 16.5 Å². The van der Waals surface area contributed by atoms with E-state index < -0.39 is 0 Å². The molecule has 0 saturated carbocycles. The predicted octanol–water partition coefficient (Wildman–Crippen LogP) is 0.630. The minimum atomic E-state index is 0.534. The first kappa shape index (κ1) is 10.1. The summed E-state index contributed by atoms with van der Waals surface area (Å²) < 4.78 is 6.73. The molecule has 0 radical (unpaired) electrons. The average molecular weight is 225 g/mol. The Bertz CT molecular complexity index is 438. The molecule has 0 fully saturated rings. The summed E-state index contributed by atoms with van der Waals surface area (Å²) in [5, 5.41) is 6.49. The fourth-order valence-electron chi connectivity index (χ4n) is 1.19. The Morgan fingerprint density at radius 1 is 1.60 bits per heavy atom. The van der Waals surface area contributed by atoms with Crippen molar-refractivity contribution < 1.29 is 4.74 Å². The van der Waals surface area contributed by atoms with Crippen LogP contribution in [-0.2, 0) is 11.3 Å². The van der Waals surface area contributed by atoms with Crippen LogP contribution in [0.5, 0.6) is 0 Å². The second kappa shape index (κ2) is 4.37. The zero-order valence-electron chi connectivity index (χ0n) is 8.25. The van der Waals surface area contributed by atoms with Crippen LogP contribution in [0.1, 0.15) is 0 Å². The number of ether oxygens (including phenoxy) is 1. The third-order valence-electron chi connectivity index (χ3n) is 1.87. The number of nitrogens with two attached hydrogens (primary N) is 1. The molecule has 0 unspecified atom stereocenters. The highest BCUT2D eigenvalue weighted by Gasteiger charge is 2.09. The van der Waals surface area contributed by atoms with E-state index in [2.05, 4.69) is 15.1 Å². The van der Waals surface area contributed by atoms with Crippen LogP contribution < -0.4 is 5.73 Å². The third-order valence-corrected chi connectivity index (χ3v) is 2.55. The van der Waals surface area contributed by atoms with Crippen molar-refractivity contribution in [1.29, 1.82) is 0 Å². The first-order chi connectivity index (χ1) is 7.31. The molecule has 6 nitrogen and oxygen atoms in total. The van der Waals surface area contributed by atoms with Gasteiger partial charge in [-0.1, -0.05) is 0 Å². The van der Waals surface area contributed by atoms with Crippen molar-refractivity contribution in [2.45, 2.75) is 6.54 Å². The molecule has 0 amide bonds. The second-order valence-corrected chi connectivity index (χ2v) is 3.76. The molecule has 0 saturated heterocycles. The van der Waals surface area contributed by atoms with Crippen molar-refractivity contribution in [2.75, 3.05) is 19.5 Å². The molecule has 2 heterocycles. The van der Waals surface area contributed by atoms with Crippen LogP contribution in [0.2, 0.25) is 0 Å². The number of nitrogen functional groups attached to an aromatic ring is 1. The number of thiazole rings is 1. The molecule has 0 bridgehead atoms. The van der Waals surface area contributed by atoms with E-state index in [0.717, 1.165) is 11.5 Å². The maximum absolute atomic E-state index is 5.56. The van der Waals surface area contributed by atoms with Crippen molar-refractivity contribution in [3.63, 3.8) is 0 Å². The number of anilines is 1. The fourth-order valence-corrected chi connectivity index (χ4v) is 1.74. The lowest BCUT2D eigenvalue weighted by Crippen LogP contribution is -2.07. The Morgan fingerprint density at radius 2 is 2.47 bits per heavy atom. The highest BCUT2D eigenvalue weighted by Crippen LogP contribution is 2.20. The largest absolute Gasteiger partial charge is 0.383 e. The van der Waals surface area contributed by atoms with Crippen LogP contribution in [0.15, 0.2) is 11.7 Å². The Kier molecular flexibility index (Phi) is 2.93. The van der Waals surface area contributed by atoms with Gasteiger partial charge in [-0.2, -0.15) is 5.10 Å². The van der Waals surface area contributed by atoms with E-state index in [4.69, 9.17) is 10.5 Å². The smallest absolute Gasteiger partial charge is 0.180 e. The van der Waals surface area contributed by atoms with Gasteiger partial charge in [-0.15, -0.1) is 11.3 Å². The van der Waals surface area contributed by atoms with Crippen LogP contribution >= 0.6 is 11.3 Å². The van der Waals surface area contributed by atoms with Gasteiger partial charge in [-0.3, -0.25) is 0 Å². The van der Waals surface area contributed by atoms with Gasteiger partial charge in [-0.25, -0.2) is 14.6 Å². The summed E-state index contributed by atoms with van der Waals surface area (Å²) in [4.78, 5) is 8.29. The number of rotatable bonds is 4. The molecule has 0 aromatic carbocycles. The van der Waals surface area contributed by atoms with E-state index in [1.165, 1.54) is 17.7 Å². The molecule has 0 atom stereocenters. The second-order valence-electron chi connectivity index (χ2n) is 2.87. The third kappa shape index (κ3) is 2.13. The number of nitrogens with zero attached hydrogens (tertiary/aromatic N) is 4. The Morgan fingerprint density at radius 3 is 3.13 bits per heavy atom. The lowest BCUT2D eigenvalue weighted by Gasteiger charge is -2.02. The van der Waals surface area contributed by atoms with Gasteiger partial charge in [-0.05, 0) is 0 Å². The Labute approximate surface area is 90.7 Å². The lowest BCUT2D eigenvalue weighted by molar-refractivity contribution is 0.184. The summed E-state index contributed by atoms with van der Waals surface area (Å²) in [5.74, 6) is 0.722. The minimum absolute atomic E-state index is 0.534. The molecular formula is C8H11N5OS. The quantitative estimate of drug-likeness (QED) is 0.825. The first-order valence-corrected chi connectivity index (χ1v) is 5.27. The van der Waals surface area contributed by atoms with Crippen molar-refractivity contribution in [2.24, 2.45) is 0 Å². The highest BCUT2D eigenvalue weighted by atomic mass is 32.1. The summed E-state index contributed by atoms with van der Waals surface area (Å²) >= 11 is 1.39. The van der Waals surface area contributed by atoms with E-state index in [-0.39, 0.29) is 0 Å². The van der Waals surface area contributed by atoms with Gasteiger partial charge in [0.2, 0.25) is 0 Å². The zero-order chi connectivity index (χ0) is 10.7. The van der Waals surface area contributed by atoms with E-state index in [1.54, 1.807) is 11.8 Å². The van der Waals surface area contributed by atoms with Crippen molar-refractivity contribution in [1.82, 2.24) is 19.7 Å². The average Bonchev–Trinajstić information content (AvgIpc) is 2.82. The summed E-state index contributed by atoms with van der Waals surface area (Å²) in [5.41, 5.74) is 6.32. The molecular weight excluding hydrogens is 214 g/mol. The van der Waals surface area contributed by atoms with E-state index in [9.17, 15) is 0 Å². The lowest BCUT2D eigenvalue weighted by atomic mass is 10.4.